The fraction of sp³-hybridized carbons (Fsp3) is 0.455. The van der Waals surface area contributed by atoms with Gasteiger partial charge < -0.3 is 5.32 Å². The average Bonchev–Trinajstić information content (AvgIpc) is 2.80. The Balaban J connectivity index is 1.85. The summed E-state index contributed by atoms with van der Waals surface area (Å²) in [6, 6.07) is 5.71. The van der Waals surface area contributed by atoms with Crippen LogP contribution in [0.25, 0.3) is 0 Å². The quantitative estimate of drug-likeness (QED) is 0.847. The Bertz CT molecular complexity index is 349. The minimum Gasteiger partial charge on any atom is -0.369 e. The highest BCUT2D eigenvalue weighted by Gasteiger charge is 2.14. The molecule has 0 spiro atoms. The lowest BCUT2D eigenvalue weighted by atomic mass is 10.2. The second-order valence-corrected chi connectivity index (χ2v) is 4.97. The van der Waals surface area contributed by atoms with Crippen molar-refractivity contribution in [1.29, 1.82) is 5.26 Å². The minimum atomic E-state index is 0.607. The van der Waals surface area contributed by atoms with Crippen molar-refractivity contribution in [2.45, 2.75) is 18.1 Å². The maximum atomic E-state index is 8.62. The van der Waals surface area contributed by atoms with Crippen molar-refractivity contribution < 1.29 is 0 Å². The Labute approximate surface area is 93.9 Å². The van der Waals surface area contributed by atoms with E-state index in [-0.39, 0.29) is 0 Å². The van der Waals surface area contributed by atoms with Gasteiger partial charge in [0.2, 0.25) is 0 Å². The molecule has 1 aromatic rings. The molecule has 2 heterocycles. The van der Waals surface area contributed by atoms with Gasteiger partial charge in [-0.2, -0.15) is 17.0 Å². The fourth-order valence-corrected chi connectivity index (χ4v) is 2.79. The van der Waals surface area contributed by atoms with Crippen LogP contribution in [0.3, 0.4) is 0 Å². The van der Waals surface area contributed by atoms with Gasteiger partial charge in [-0.25, -0.2) is 4.98 Å². The van der Waals surface area contributed by atoms with Crippen LogP contribution < -0.4 is 5.32 Å². The van der Waals surface area contributed by atoms with Gasteiger partial charge in [0.25, 0.3) is 0 Å². The van der Waals surface area contributed by atoms with Gasteiger partial charge in [0.15, 0.2) is 0 Å². The molecule has 1 unspecified atom stereocenters. The number of aromatic nitrogens is 1. The molecule has 15 heavy (non-hydrogen) atoms. The molecule has 4 heteroatoms. The molecule has 0 aliphatic carbocycles. The maximum absolute atomic E-state index is 8.62. The largest absolute Gasteiger partial charge is 0.369 e. The van der Waals surface area contributed by atoms with Gasteiger partial charge in [-0.15, -0.1) is 0 Å². The second kappa shape index (κ2) is 5.04. The number of pyridine rings is 1. The van der Waals surface area contributed by atoms with Gasteiger partial charge in [0, 0.05) is 18.0 Å². The highest BCUT2D eigenvalue weighted by Crippen LogP contribution is 2.25. The smallest absolute Gasteiger partial charge is 0.126 e. The number of hydrogen-bond donors (Lipinski definition) is 1. The first-order valence-electron chi connectivity index (χ1n) is 5.10. The van der Waals surface area contributed by atoms with Crippen LogP contribution in [0.2, 0.25) is 0 Å². The van der Waals surface area contributed by atoms with Crippen LogP contribution in [0.1, 0.15) is 18.4 Å². The molecular weight excluding hydrogens is 206 g/mol. The Morgan fingerprint density at radius 1 is 1.60 bits per heavy atom. The third-order valence-corrected chi connectivity index (χ3v) is 3.83. The molecule has 3 nitrogen and oxygen atoms in total. The summed E-state index contributed by atoms with van der Waals surface area (Å²) >= 11 is 2.03. The van der Waals surface area contributed by atoms with Gasteiger partial charge >= 0.3 is 0 Å². The third kappa shape index (κ3) is 2.87. The molecule has 0 aromatic carbocycles. The number of rotatable bonds is 3. The summed E-state index contributed by atoms with van der Waals surface area (Å²) in [6.45, 7) is 0.976. The highest BCUT2D eigenvalue weighted by molar-refractivity contribution is 8.00. The van der Waals surface area contributed by atoms with Gasteiger partial charge in [-0.1, -0.05) is 0 Å². The zero-order valence-electron chi connectivity index (χ0n) is 8.44. The molecule has 1 atom stereocenters. The summed E-state index contributed by atoms with van der Waals surface area (Å²) in [5.74, 6) is 2.15. The van der Waals surface area contributed by atoms with Crippen LogP contribution in [0, 0.1) is 11.3 Å². The lowest BCUT2D eigenvalue weighted by Gasteiger charge is -2.10. The van der Waals surface area contributed by atoms with Crippen LogP contribution in [0.4, 0.5) is 5.82 Å². The van der Waals surface area contributed by atoms with Crippen LogP contribution in [0.5, 0.6) is 0 Å². The molecular formula is C11H13N3S. The summed E-state index contributed by atoms with van der Waals surface area (Å²) in [4.78, 5) is 4.17. The first-order valence-corrected chi connectivity index (χ1v) is 6.15. The monoisotopic (exact) mass is 219 g/mol. The molecule has 0 radical (unpaired) electrons. The molecule has 0 saturated carbocycles. The van der Waals surface area contributed by atoms with E-state index < -0.39 is 0 Å². The molecule has 0 bridgehead atoms. The van der Waals surface area contributed by atoms with Gasteiger partial charge in [0.1, 0.15) is 11.9 Å². The Hall–Kier alpha value is -1.21. The van der Waals surface area contributed by atoms with Crippen molar-refractivity contribution in [3.05, 3.63) is 23.9 Å². The molecule has 0 amide bonds. The highest BCUT2D eigenvalue weighted by atomic mass is 32.2. The zero-order valence-corrected chi connectivity index (χ0v) is 9.26. The van der Waals surface area contributed by atoms with Crippen molar-refractivity contribution in [3.8, 4) is 6.07 Å². The molecule has 2 rings (SSSR count). The van der Waals surface area contributed by atoms with Crippen LogP contribution in [-0.4, -0.2) is 22.5 Å². The van der Waals surface area contributed by atoms with Gasteiger partial charge in [-0.05, 0) is 30.7 Å². The lowest BCUT2D eigenvalue weighted by Crippen LogP contribution is -2.14. The number of anilines is 1. The van der Waals surface area contributed by atoms with E-state index in [9.17, 15) is 0 Å². The summed E-state index contributed by atoms with van der Waals surface area (Å²) in [6.07, 6.45) is 4.23. The summed E-state index contributed by atoms with van der Waals surface area (Å²) in [7, 11) is 0. The van der Waals surface area contributed by atoms with Crippen molar-refractivity contribution in [1.82, 2.24) is 4.98 Å². The van der Waals surface area contributed by atoms with E-state index in [0.29, 0.717) is 5.56 Å². The summed E-state index contributed by atoms with van der Waals surface area (Å²) in [5, 5.41) is 12.6. The number of nitrogens with zero attached hydrogens (tertiary/aromatic N) is 2. The van der Waals surface area contributed by atoms with E-state index in [1.807, 2.05) is 17.8 Å². The van der Waals surface area contributed by atoms with Crippen molar-refractivity contribution in [2.24, 2.45) is 0 Å². The van der Waals surface area contributed by atoms with Crippen LogP contribution in [0.15, 0.2) is 18.3 Å². The minimum absolute atomic E-state index is 0.607. The van der Waals surface area contributed by atoms with Crippen LogP contribution in [-0.2, 0) is 0 Å². The van der Waals surface area contributed by atoms with E-state index in [0.717, 1.165) is 17.6 Å². The molecule has 1 fully saturated rings. The van der Waals surface area contributed by atoms with E-state index in [1.165, 1.54) is 18.6 Å². The maximum Gasteiger partial charge on any atom is 0.126 e. The van der Waals surface area contributed by atoms with Crippen LogP contribution >= 0.6 is 11.8 Å². The Kier molecular flexibility index (Phi) is 3.46. The third-order valence-electron chi connectivity index (χ3n) is 2.43. The first kappa shape index (κ1) is 10.3. The fourth-order valence-electron chi connectivity index (χ4n) is 1.59. The average molecular weight is 219 g/mol. The van der Waals surface area contributed by atoms with Crippen molar-refractivity contribution in [3.63, 3.8) is 0 Å². The SMILES string of the molecule is N#Cc1ccc(NCC2CCCS2)nc1. The second-order valence-electron chi connectivity index (χ2n) is 3.56. The number of hydrogen-bond acceptors (Lipinski definition) is 4. The first-order chi connectivity index (χ1) is 7.38. The molecule has 1 saturated heterocycles. The number of nitriles is 1. The Morgan fingerprint density at radius 3 is 3.13 bits per heavy atom. The zero-order chi connectivity index (χ0) is 10.5. The van der Waals surface area contributed by atoms with E-state index >= 15 is 0 Å². The standard InChI is InChI=1S/C11H13N3S/c12-6-9-3-4-11(13-7-9)14-8-10-2-1-5-15-10/h3-4,7,10H,1-2,5,8H2,(H,13,14). The van der Waals surface area contributed by atoms with E-state index in [1.54, 1.807) is 12.3 Å². The predicted octanol–water partition coefficient (Wildman–Crippen LogP) is 2.26. The summed E-state index contributed by atoms with van der Waals surface area (Å²) < 4.78 is 0. The molecule has 1 aliphatic rings. The van der Waals surface area contributed by atoms with Crippen molar-refractivity contribution >= 4 is 17.6 Å². The normalized spacial score (nSPS) is 19.8. The predicted molar refractivity (Wildman–Crippen MR) is 62.9 cm³/mol. The molecule has 78 valence electrons. The number of nitrogens with one attached hydrogen (secondary N) is 1. The van der Waals surface area contributed by atoms with Gasteiger partial charge in [0.05, 0.1) is 5.56 Å². The van der Waals surface area contributed by atoms with Gasteiger partial charge in [-0.3, -0.25) is 0 Å². The molecule has 1 aliphatic heterocycles. The number of thioether (sulfide) groups is 1. The van der Waals surface area contributed by atoms with Crippen molar-refractivity contribution in [2.75, 3.05) is 17.6 Å². The molecule has 1 N–H and O–H groups in total. The van der Waals surface area contributed by atoms with E-state index in [2.05, 4.69) is 16.4 Å². The Morgan fingerprint density at radius 2 is 2.53 bits per heavy atom. The topological polar surface area (TPSA) is 48.7 Å². The lowest BCUT2D eigenvalue weighted by molar-refractivity contribution is 0.803. The molecule has 1 aromatic heterocycles. The van der Waals surface area contributed by atoms with E-state index in [4.69, 9.17) is 5.26 Å². The summed E-state index contributed by atoms with van der Waals surface area (Å²) in [5.41, 5.74) is 0.607.